The molecule has 1 aromatic heterocycles. The molecule has 8 heteroatoms. The molecule has 0 unspecified atom stereocenters. The number of halogens is 1. The van der Waals surface area contributed by atoms with Gasteiger partial charge in [0.15, 0.2) is 5.16 Å². The van der Waals surface area contributed by atoms with Gasteiger partial charge in [0.1, 0.15) is 28.8 Å². The van der Waals surface area contributed by atoms with E-state index in [4.69, 9.17) is 21.1 Å². The lowest BCUT2D eigenvalue weighted by atomic mass is 10.1. The smallest absolute Gasteiger partial charge is 0.270 e. The quantitative estimate of drug-likeness (QED) is 0.479. The van der Waals surface area contributed by atoms with Crippen LogP contribution in [0.15, 0.2) is 52.4 Å². The molecule has 0 atom stereocenters. The summed E-state index contributed by atoms with van der Waals surface area (Å²) in [5.41, 5.74) is 1.06. The summed E-state index contributed by atoms with van der Waals surface area (Å²) >= 11 is 7.51. The zero-order valence-electron chi connectivity index (χ0n) is 15.2. The maximum Gasteiger partial charge on any atom is 0.270 e. The van der Waals surface area contributed by atoms with E-state index >= 15 is 0 Å². The van der Waals surface area contributed by atoms with Crippen molar-refractivity contribution in [1.29, 1.82) is 5.26 Å². The fourth-order valence-corrected chi connectivity index (χ4v) is 3.73. The minimum Gasteiger partial charge on any atom is -0.497 e. The lowest BCUT2D eigenvalue weighted by Gasteiger charge is -2.12. The summed E-state index contributed by atoms with van der Waals surface area (Å²) in [5.74, 6) is 1.56. The van der Waals surface area contributed by atoms with Crippen LogP contribution in [0.4, 0.5) is 0 Å². The highest BCUT2D eigenvalue weighted by Crippen LogP contribution is 2.34. The number of ether oxygens (including phenoxy) is 2. The molecule has 0 saturated carbocycles. The van der Waals surface area contributed by atoms with Crippen LogP contribution in [0.5, 0.6) is 11.5 Å². The molecule has 142 valence electrons. The Morgan fingerprint density at radius 3 is 2.68 bits per heavy atom. The van der Waals surface area contributed by atoms with Gasteiger partial charge in [0.2, 0.25) is 0 Å². The third kappa shape index (κ3) is 4.14. The van der Waals surface area contributed by atoms with Crippen molar-refractivity contribution in [3.05, 3.63) is 69.0 Å². The molecular weight excluding hydrogens is 398 g/mol. The SMILES string of the molecule is COc1ccc(OC)c(-c2nc(SCc3ccccc3Cl)[nH]c(=O)c2C#N)c1. The molecule has 3 aromatic rings. The van der Waals surface area contributed by atoms with Crippen molar-refractivity contribution in [1.82, 2.24) is 9.97 Å². The predicted molar refractivity (Wildman–Crippen MR) is 109 cm³/mol. The maximum atomic E-state index is 12.5. The van der Waals surface area contributed by atoms with Crippen molar-refractivity contribution in [2.24, 2.45) is 0 Å². The second-order valence-corrected chi connectivity index (χ2v) is 7.02. The summed E-state index contributed by atoms with van der Waals surface area (Å²) in [4.78, 5) is 19.6. The van der Waals surface area contributed by atoms with Crippen LogP contribution in [-0.2, 0) is 5.75 Å². The number of H-pyrrole nitrogens is 1. The fourth-order valence-electron chi connectivity index (χ4n) is 2.58. The Morgan fingerprint density at radius 2 is 2.00 bits per heavy atom. The Morgan fingerprint density at radius 1 is 1.21 bits per heavy atom. The van der Waals surface area contributed by atoms with Crippen molar-refractivity contribution in [3.63, 3.8) is 0 Å². The van der Waals surface area contributed by atoms with Crippen molar-refractivity contribution >= 4 is 23.4 Å². The van der Waals surface area contributed by atoms with Gasteiger partial charge in [-0.15, -0.1) is 0 Å². The number of hydrogen-bond acceptors (Lipinski definition) is 6. The van der Waals surface area contributed by atoms with E-state index in [0.717, 1.165) is 5.56 Å². The van der Waals surface area contributed by atoms with E-state index in [0.29, 0.717) is 33.0 Å². The number of thioether (sulfide) groups is 1. The van der Waals surface area contributed by atoms with Crippen LogP contribution < -0.4 is 15.0 Å². The monoisotopic (exact) mass is 413 g/mol. The summed E-state index contributed by atoms with van der Waals surface area (Å²) in [6, 6.07) is 14.5. The first kappa shape index (κ1) is 19.8. The topological polar surface area (TPSA) is 88.0 Å². The molecule has 6 nitrogen and oxygen atoms in total. The summed E-state index contributed by atoms with van der Waals surface area (Å²) < 4.78 is 10.6. The van der Waals surface area contributed by atoms with Gasteiger partial charge in [0.05, 0.1) is 14.2 Å². The maximum absolute atomic E-state index is 12.5. The third-order valence-corrected chi connectivity index (χ3v) is 5.28. The van der Waals surface area contributed by atoms with E-state index in [1.807, 2.05) is 24.3 Å². The molecule has 1 N–H and O–H groups in total. The van der Waals surface area contributed by atoms with Crippen molar-refractivity contribution < 1.29 is 9.47 Å². The van der Waals surface area contributed by atoms with E-state index < -0.39 is 5.56 Å². The van der Waals surface area contributed by atoms with Gasteiger partial charge in [0, 0.05) is 16.3 Å². The Bertz CT molecular complexity index is 1110. The minimum atomic E-state index is -0.515. The van der Waals surface area contributed by atoms with Crippen LogP contribution in [0.1, 0.15) is 11.1 Å². The van der Waals surface area contributed by atoms with Crippen molar-refractivity contribution in [2.75, 3.05) is 14.2 Å². The lowest BCUT2D eigenvalue weighted by molar-refractivity contribution is 0.404. The van der Waals surface area contributed by atoms with Gasteiger partial charge in [-0.2, -0.15) is 5.26 Å². The molecular formula is C20H16ClN3O3S. The largest absolute Gasteiger partial charge is 0.497 e. The second-order valence-electron chi connectivity index (χ2n) is 5.65. The lowest BCUT2D eigenvalue weighted by Crippen LogP contribution is -2.15. The van der Waals surface area contributed by atoms with E-state index in [2.05, 4.69) is 9.97 Å². The molecule has 0 spiro atoms. The summed E-state index contributed by atoms with van der Waals surface area (Å²) in [5, 5.41) is 10.5. The molecule has 0 fully saturated rings. The van der Waals surface area contributed by atoms with Crippen molar-refractivity contribution in [3.8, 4) is 28.8 Å². The molecule has 0 radical (unpaired) electrons. The highest BCUT2D eigenvalue weighted by atomic mass is 35.5. The van der Waals surface area contributed by atoms with Crippen molar-refractivity contribution in [2.45, 2.75) is 10.9 Å². The first-order chi connectivity index (χ1) is 13.6. The Hall–Kier alpha value is -2.95. The zero-order valence-corrected chi connectivity index (χ0v) is 16.7. The molecule has 0 bridgehead atoms. The average molecular weight is 414 g/mol. The Balaban J connectivity index is 2.06. The molecule has 28 heavy (non-hydrogen) atoms. The number of nitrogens with zero attached hydrogens (tertiary/aromatic N) is 2. The standard InChI is InChI=1S/C20H16ClN3O3S/c1-26-13-7-8-17(27-2)14(9-13)18-15(10-22)19(25)24-20(23-18)28-11-12-5-3-4-6-16(12)21/h3-9H,11H2,1-2H3,(H,23,24,25). The molecule has 0 saturated heterocycles. The number of aromatic nitrogens is 2. The highest BCUT2D eigenvalue weighted by molar-refractivity contribution is 7.98. The number of rotatable bonds is 6. The number of nitrogens with one attached hydrogen (secondary N) is 1. The minimum absolute atomic E-state index is 0.0892. The highest BCUT2D eigenvalue weighted by Gasteiger charge is 2.18. The van der Waals surface area contributed by atoms with Crippen LogP contribution >= 0.6 is 23.4 Å². The fraction of sp³-hybridized carbons (Fsp3) is 0.150. The van der Waals surface area contributed by atoms with Gasteiger partial charge in [0.25, 0.3) is 5.56 Å². The van der Waals surface area contributed by atoms with Crippen LogP contribution in [0.3, 0.4) is 0 Å². The molecule has 2 aromatic carbocycles. The van der Waals surface area contributed by atoms with Gasteiger partial charge in [-0.1, -0.05) is 41.6 Å². The number of hydrogen-bond donors (Lipinski definition) is 1. The van der Waals surface area contributed by atoms with Crippen LogP contribution in [0.25, 0.3) is 11.3 Å². The number of benzene rings is 2. The number of nitriles is 1. The first-order valence-electron chi connectivity index (χ1n) is 8.20. The van der Waals surface area contributed by atoms with E-state index in [1.165, 1.54) is 26.0 Å². The normalized spacial score (nSPS) is 10.4. The van der Waals surface area contributed by atoms with Gasteiger partial charge in [-0.3, -0.25) is 4.79 Å². The van der Waals surface area contributed by atoms with E-state index in [9.17, 15) is 10.1 Å². The first-order valence-corrected chi connectivity index (χ1v) is 9.56. The number of aromatic amines is 1. The van der Waals surface area contributed by atoms with Crippen LogP contribution in [0.2, 0.25) is 5.02 Å². The molecule has 0 aliphatic carbocycles. The van der Waals surface area contributed by atoms with Gasteiger partial charge in [-0.25, -0.2) is 4.98 Å². The summed E-state index contributed by atoms with van der Waals surface area (Å²) in [6.07, 6.45) is 0. The van der Waals surface area contributed by atoms with Crippen LogP contribution in [-0.4, -0.2) is 24.2 Å². The van der Waals surface area contributed by atoms with Gasteiger partial charge >= 0.3 is 0 Å². The van der Waals surface area contributed by atoms with E-state index in [1.54, 1.807) is 24.3 Å². The average Bonchev–Trinajstić information content (AvgIpc) is 2.72. The molecule has 3 rings (SSSR count). The summed E-state index contributed by atoms with van der Waals surface area (Å²) in [7, 11) is 3.05. The Labute approximate surface area is 171 Å². The molecule has 0 amide bonds. The summed E-state index contributed by atoms with van der Waals surface area (Å²) in [6.45, 7) is 0. The zero-order chi connectivity index (χ0) is 20.1. The molecule has 0 aliphatic heterocycles. The van der Waals surface area contributed by atoms with Gasteiger partial charge in [-0.05, 0) is 29.8 Å². The Kier molecular flexibility index (Phi) is 6.24. The molecule has 1 heterocycles. The second kappa shape index (κ2) is 8.83. The molecule has 0 aliphatic rings. The number of methoxy groups -OCH3 is 2. The van der Waals surface area contributed by atoms with E-state index in [-0.39, 0.29) is 11.3 Å². The van der Waals surface area contributed by atoms with Gasteiger partial charge < -0.3 is 14.5 Å². The third-order valence-electron chi connectivity index (χ3n) is 3.99. The predicted octanol–water partition coefficient (Wildman–Crippen LogP) is 4.27. The van der Waals surface area contributed by atoms with Crippen LogP contribution in [0, 0.1) is 11.3 Å².